The molecule has 2 rings (SSSR count). The number of benzene rings is 1. The number of aryl methyl sites for hydroxylation is 1. The highest BCUT2D eigenvalue weighted by atomic mass is 16.1. The largest absolute Gasteiger partial charge is 0.345 e. The lowest BCUT2D eigenvalue weighted by Crippen LogP contribution is -2.19. The second-order valence-corrected chi connectivity index (χ2v) is 4.46. The summed E-state index contributed by atoms with van der Waals surface area (Å²) in [6, 6.07) is 7.56. The number of amides is 1. The van der Waals surface area contributed by atoms with E-state index in [1.54, 1.807) is 0 Å². The van der Waals surface area contributed by atoms with E-state index in [-0.39, 0.29) is 18.0 Å². The molecule has 4 heteroatoms. The molecule has 0 atom stereocenters. The van der Waals surface area contributed by atoms with Crippen molar-refractivity contribution in [2.24, 2.45) is 0 Å². The summed E-state index contributed by atoms with van der Waals surface area (Å²) in [4.78, 5) is 25.7. The first-order valence-electron chi connectivity index (χ1n) is 6.50. The molecule has 102 valence electrons. The number of hydrogen-bond acceptors (Lipinski definition) is 2. The molecule has 0 aliphatic heterocycles. The molecule has 0 saturated carbocycles. The van der Waals surface area contributed by atoms with Gasteiger partial charge in [-0.1, -0.05) is 30.9 Å². The highest BCUT2D eigenvalue weighted by Crippen LogP contribution is 2.14. The van der Waals surface area contributed by atoms with E-state index in [9.17, 15) is 9.59 Å². The van der Waals surface area contributed by atoms with Gasteiger partial charge in [0.2, 0.25) is 5.91 Å². The van der Waals surface area contributed by atoms with Crippen LogP contribution in [0.3, 0.4) is 0 Å². The van der Waals surface area contributed by atoms with Crippen LogP contribution in [0.15, 0.2) is 29.1 Å². The van der Waals surface area contributed by atoms with Gasteiger partial charge < -0.3 is 10.3 Å². The Morgan fingerprint density at radius 2 is 2.20 bits per heavy atom. The minimum absolute atomic E-state index is 0.122. The Labute approximate surface area is 117 Å². The highest BCUT2D eigenvalue weighted by molar-refractivity contribution is 5.87. The first-order valence-corrected chi connectivity index (χ1v) is 6.50. The number of aromatic amines is 1. The third-order valence-corrected chi connectivity index (χ3v) is 2.96. The van der Waals surface area contributed by atoms with Gasteiger partial charge >= 0.3 is 0 Å². The van der Waals surface area contributed by atoms with Crippen LogP contribution in [0.5, 0.6) is 0 Å². The third-order valence-electron chi connectivity index (χ3n) is 2.96. The van der Waals surface area contributed by atoms with E-state index in [2.05, 4.69) is 22.1 Å². The van der Waals surface area contributed by atoms with Gasteiger partial charge in [0.1, 0.15) is 0 Å². The van der Waals surface area contributed by atoms with Crippen LogP contribution in [0.2, 0.25) is 0 Å². The monoisotopic (exact) mass is 268 g/mol. The van der Waals surface area contributed by atoms with Crippen LogP contribution in [-0.2, 0) is 11.2 Å². The average molecular weight is 268 g/mol. The molecule has 0 aliphatic rings. The number of hydrogen-bond donors (Lipinski definition) is 2. The first kappa shape index (κ1) is 13.9. The molecular weight excluding hydrogens is 252 g/mol. The summed E-state index contributed by atoms with van der Waals surface area (Å²) in [5.41, 5.74) is 1.46. The number of carbonyl (C=O) groups excluding carboxylic acids is 1. The second-order valence-electron chi connectivity index (χ2n) is 4.46. The van der Waals surface area contributed by atoms with Crippen molar-refractivity contribution in [3.8, 4) is 11.8 Å². The van der Waals surface area contributed by atoms with Crippen LogP contribution >= 0.6 is 0 Å². The molecule has 1 aromatic heterocycles. The molecule has 0 fully saturated rings. The summed E-state index contributed by atoms with van der Waals surface area (Å²) in [5, 5.41) is 4.08. The Morgan fingerprint density at radius 1 is 1.40 bits per heavy atom. The van der Waals surface area contributed by atoms with Crippen molar-refractivity contribution in [2.45, 2.75) is 20.3 Å². The molecule has 0 saturated heterocycles. The normalized spacial score (nSPS) is 9.90. The maximum Gasteiger partial charge on any atom is 0.257 e. The Hall–Kier alpha value is -2.54. The molecule has 1 heterocycles. The van der Waals surface area contributed by atoms with Crippen LogP contribution in [0.25, 0.3) is 10.8 Å². The van der Waals surface area contributed by atoms with Gasteiger partial charge in [0.15, 0.2) is 0 Å². The molecule has 0 aliphatic carbocycles. The molecule has 1 aromatic carbocycles. The Balaban J connectivity index is 2.44. The quantitative estimate of drug-likeness (QED) is 0.812. The van der Waals surface area contributed by atoms with Crippen LogP contribution in [0.1, 0.15) is 25.1 Å². The number of nitrogens with one attached hydrogen (secondary N) is 2. The van der Waals surface area contributed by atoms with Crippen molar-refractivity contribution >= 4 is 16.7 Å². The van der Waals surface area contributed by atoms with Crippen molar-refractivity contribution in [1.29, 1.82) is 0 Å². The van der Waals surface area contributed by atoms with Gasteiger partial charge in [-0.2, -0.15) is 0 Å². The van der Waals surface area contributed by atoms with E-state index in [1.807, 2.05) is 31.2 Å². The predicted molar refractivity (Wildman–Crippen MR) is 79.5 cm³/mol. The lowest BCUT2D eigenvalue weighted by Gasteiger charge is -2.03. The molecule has 0 spiro atoms. The third kappa shape index (κ3) is 3.07. The summed E-state index contributed by atoms with van der Waals surface area (Å²) in [6.45, 7) is 3.71. The van der Waals surface area contributed by atoms with E-state index in [1.165, 1.54) is 6.92 Å². The predicted octanol–water partition coefficient (Wildman–Crippen LogP) is 1.58. The maximum atomic E-state index is 12.1. The Bertz CT molecular complexity index is 763. The van der Waals surface area contributed by atoms with Crippen molar-refractivity contribution < 1.29 is 4.79 Å². The molecule has 0 radical (unpaired) electrons. The lowest BCUT2D eigenvalue weighted by molar-refractivity contribution is -0.118. The smallest absolute Gasteiger partial charge is 0.257 e. The average Bonchev–Trinajstić information content (AvgIpc) is 2.43. The van der Waals surface area contributed by atoms with Crippen molar-refractivity contribution in [2.75, 3.05) is 6.54 Å². The number of pyridine rings is 1. The Morgan fingerprint density at radius 3 is 2.90 bits per heavy atom. The van der Waals surface area contributed by atoms with E-state index >= 15 is 0 Å². The molecular formula is C16H16N2O2. The zero-order valence-corrected chi connectivity index (χ0v) is 11.5. The summed E-state index contributed by atoms with van der Waals surface area (Å²) in [6.07, 6.45) is 0.781. The van der Waals surface area contributed by atoms with Gasteiger partial charge in [-0.25, -0.2) is 0 Å². The molecule has 2 aromatic rings. The summed E-state index contributed by atoms with van der Waals surface area (Å²) >= 11 is 0. The van der Waals surface area contributed by atoms with Gasteiger partial charge in [-0.05, 0) is 23.9 Å². The highest BCUT2D eigenvalue weighted by Gasteiger charge is 2.04. The number of carbonyl (C=O) groups is 1. The molecule has 4 nitrogen and oxygen atoms in total. The van der Waals surface area contributed by atoms with Crippen LogP contribution in [-0.4, -0.2) is 17.4 Å². The topological polar surface area (TPSA) is 62.0 Å². The maximum absolute atomic E-state index is 12.1. The zero-order valence-electron chi connectivity index (χ0n) is 11.5. The number of rotatable bonds is 2. The lowest BCUT2D eigenvalue weighted by atomic mass is 10.1. The SMILES string of the molecule is CCc1cc2cccc(C#CCNC(C)=O)c2c(=O)[nH]1. The summed E-state index contributed by atoms with van der Waals surface area (Å²) in [7, 11) is 0. The number of aromatic nitrogens is 1. The Kier molecular flexibility index (Phi) is 4.21. The van der Waals surface area contributed by atoms with Crippen molar-refractivity contribution in [3.05, 3.63) is 45.9 Å². The molecule has 20 heavy (non-hydrogen) atoms. The fourth-order valence-corrected chi connectivity index (χ4v) is 1.98. The molecule has 1 amide bonds. The zero-order chi connectivity index (χ0) is 14.5. The fourth-order valence-electron chi connectivity index (χ4n) is 1.98. The number of H-pyrrole nitrogens is 1. The van der Waals surface area contributed by atoms with Gasteiger partial charge in [-0.3, -0.25) is 9.59 Å². The van der Waals surface area contributed by atoms with Gasteiger partial charge in [0.25, 0.3) is 5.56 Å². The summed E-state index contributed by atoms with van der Waals surface area (Å²) in [5.74, 6) is 5.66. The van der Waals surface area contributed by atoms with Crippen LogP contribution in [0.4, 0.5) is 0 Å². The van der Waals surface area contributed by atoms with Gasteiger partial charge in [0.05, 0.1) is 11.9 Å². The number of fused-ring (bicyclic) bond motifs is 1. The van der Waals surface area contributed by atoms with Gasteiger partial charge in [0, 0.05) is 18.2 Å². The van der Waals surface area contributed by atoms with E-state index in [0.29, 0.717) is 10.9 Å². The van der Waals surface area contributed by atoms with E-state index in [0.717, 1.165) is 17.5 Å². The minimum atomic E-state index is -0.123. The molecule has 2 N–H and O–H groups in total. The second kappa shape index (κ2) is 6.07. The van der Waals surface area contributed by atoms with Crippen molar-refractivity contribution in [3.63, 3.8) is 0 Å². The van der Waals surface area contributed by atoms with Gasteiger partial charge in [-0.15, -0.1) is 0 Å². The minimum Gasteiger partial charge on any atom is -0.345 e. The fraction of sp³-hybridized carbons (Fsp3) is 0.250. The van der Waals surface area contributed by atoms with E-state index in [4.69, 9.17) is 0 Å². The molecule has 0 unspecified atom stereocenters. The molecule has 0 bridgehead atoms. The van der Waals surface area contributed by atoms with Crippen molar-refractivity contribution in [1.82, 2.24) is 10.3 Å². The standard InChI is InChI=1S/C16H16N2O2/c1-3-14-10-13-7-4-6-12(15(13)16(20)18-14)8-5-9-17-11(2)19/h4,6-7,10H,3,9H2,1-2H3,(H,17,19)(H,18,20). The first-order chi connectivity index (χ1) is 9.61. The van der Waals surface area contributed by atoms with Crippen LogP contribution < -0.4 is 10.9 Å². The van der Waals surface area contributed by atoms with Crippen LogP contribution in [0, 0.1) is 11.8 Å². The summed E-state index contributed by atoms with van der Waals surface area (Å²) < 4.78 is 0. The van der Waals surface area contributed by atoms with E-state index < -0.39 is 0 Å².